The van der Waals surface area contributed by atoms with Crippen LogP contribution in [-0.2, 0) is 9.59 Å². The van der Waals surface area contributed by atoms with Crippen LogP contribution in [0.4, 0.5) is 0 Å². The fourth-order valence-electron chi connectivity index (χ4n) is 4.50. The lowest BCUT2D eigenvalue weighted by atomic mass is 9.74. The molecule has 2 saturated carbocycles. The smallest absolute Gasteiger partial charge is 0.226 e. The maximum absolute atomic E-state index is 12.9. The molecule has 1 saturated heterocycles. The van der Waals surface area contributed by atoms with Crippen LogP contribution in [0.25, 0.3) is 6.08 Å². The van der Waals surface area contributed by atoms with E-state index in [9.17, 15) is 14.7 Å². The second-order valence-corrected chi connectivity index (χ2v) is 8.52. The van der Waals surface area contributed by atoms with Crippen molar-refractivity contribution in [3.05, 3.63) is 41.5 Å². The zero-order chi connectivity index (χ0) is 19.8. The number of allylic oxidation sites excluding steroid dienone is 1. The summed E-state index contributed by atoms with van der Waals surface area (Å²) in [5.41, 5.74) is 2.26. The molecule has 150 valence electrons. The van der Waals surface area contributed by atoms with Gasteiger partial charge in [0.25, 0.3) is 0 Å². The minimum Gasteiger partial charge on any atom is -0.394 e. The molecule has 0 radical (unpaired) electrons. The van der Waals surface area contributed by atoms with E-state index in [1.54, 1.807) is 4.90 Å². The SMILES string of the molecule is C/C=C/c1ccc([C@@H]2[C@@H](CN(C)C(=O)C3CC3)N(C(=O)C3CC3)[C@H]2CO)cc1. The average molecular weight is 383 g/mol. The molecule has 1 aliphatic heterocycles. The minimum absolute atomic E-state index is 0.0451. The van der Waals surface area contributed by atoms with Gasteiger partial charge in [-0.25, -0.2) is 0 Å². The van der Waals surface area contributed by atoms with Gasteiger partial charge in [0.2, 0.25) is 11.8 Å². The van der Waals surface area contributed by atoms with Crippen molar-refractivity contribution in [2.24, 2.45) is 11.8 Å². The summed E-state index contributed by atoms with van der Waals surface area (Å²) < 4.78 is 0. The van der Waals surface area contributed by atoms with Crippen molar-refractivity contribution in [3.63, 3.8) is 0 Å². The zero-order valence-corrected chi connectivity index (χ0v) is 16.8. The summed E-state index contributed by atoms with van der Waals surface area (Å²) in [6, 6.07) is 8.08. The van der Waals surface area contributed by atoms with Gasteiger partial charge in [0.05, 0.1) is 18.7 Å². The predicted molar refractivity (Wildman–Crippen MR) is 108 cm³/mol. The van der Waals surface area contributed by atoms with Crippen molar-refractivity contribution < 1.29 is 14.7 Å². The number of aliphatic hydroxyl groups is 1. The van der Waals surface area contributed by atoms with Crippen LogP contribution in [0.5, 0.6) is 0 Å². The standard InChI is InChI=1S/C23H30N2O3/c1-3-4-15-5-7-16(8-6-15)21-19(13-24(2)22(27)17-9-10-17)25(20(21)14-26)23(28)18-11-12-18/h3-8,17-21,26H,9-14H2,1-2H3/b4-3+/t19-,20+,21-/m1/s1. The molecule has 4 rings (SSSR count). The van der Waals surface area contributed by atoms with Gasteiger partial charge in [-0.05, 0) is 43.7 Å². The van der Waals surface area contributed by atoms with Crippen molar-refractivity contribution in [1.82, 2.24) is 9.80 Å². The first-order valence-electron chi connectivity index (χ1n) is 10.5. The molecular formula is C23H30N2O3. The highest BCUT2D eigenvalue weighted by atomic mass is 16.3. The lowest BCUT2D eigenvalue weighted by Gasteiger charge is -2.56. The normalized spacial score (nSPS) is 27.0. The molecule has 3 fully saturated rings. The Morgan fingerprint density at radius 1 is 1.11 bits per heavy atom. The number of hydrogen-bond donors (Lipinski definition) is 1. The number of carbonyl (C=O) groups excluding carboxylic acids is 2. The van der Waals surface area contributed by atoms with Crippen LogP contribution in [0.3, 0.4) is 0 Å². The lowest BCUT2D eigenvalue weighted by Crippen LogP contribution is -2.69. The van der Waals surface area contributed by atoms with E-state index in [4.69, 9.17) is 0 Å². The highest BCUT2D eigenvalue weighted by Crippen LogP contribution is 2.45. The van der Waals surface area contributed by atoms with Gasteiger partial charge in [-0.15, -0.1) is 0 Å². The second kappa shape index (κ2) is 7.70. The highest BCUT2D eigenvalue weighted by molar-refractivity contribution is 5.84. The van der Waals surface area contributed by atoms with Gasteiger partial charge in [-0.3, -0.25) is 9.59 Å². The number of aliphatic hydroxyl groups excluding tert-OH is 1. The third kappa shape index (κ3) is 3.60. The van der Waals surface area contributed by atoms with Gasteiger partial charge in [-0.1, -0.05) is 36.4 Å². The van der Waals surface area contributed by atoms with Crippen molar-refractivity contribution in [3.8, 4) is 0 Å². The molecule has 5 heteroatoms. The van der Waals surface area contributed by atoms with Gasteiger partial charge in [0.15, 0.2) is 0 Å². The molecule has 2 aliphatic carbocycles. The summed E-state index contributed by atoms with van der Waals surface area (Å²) in [4.78, 5) is 29.0. The summed E-state index contributed by atoms with van der Waals surface area (Å²) in [7, 11) is 1.85. The zero-order valence-electron chi connectivity index (χ0n) is 16.8. The molecule has 1 N–H and O–H groups in total. The van der Waals surface area contributed by atoms with Crippen LogP contribution in [-0.4, -0.2) is 59.0 Å². The van der Waals surface area contributed by atoms with E-state index < -0.39 is 0 Å². The van der Waals surface area contributed by atoms with Gasteiger partial charge in [-0.2, -0.15) is 0 Å². The Morgan fingerprint density at radius 2 is 1.75 bits per heavy atom. The lowest BCUT2D eigenvalue weighted by molar-refractivity contribution is -0.155. The van der Waals surface area contributed by atoms with Gasteiger partial charge in [0.1, 0.15) is 0 Å². The third-order valence-corrected chi connectivity index (χ3v) is 6.36. The van der Waals surface area contributed by atoms with E-state index in [0.717, 1.165) is 36.8 Å². The van der Waals surface area contributed by atoms with Gasteiger partial charge < -0.3 is 14.9 Å². The summed E-state index contributed by atoms with van der Waals surface area (Å²) in [5, 5.41) is 10.1. The summed E-state index contributed by atoms with van der Waals surface area (Å²) >= 11 is 0. The number of benzene rings is 1. The van der Waals surface area contributed by atoms with Crippen LogP contribution < -0.4 is 0 Å². The second-order valence-electron chi connectivity index (χ2n) is 8.52. The molecule has 1 heterocycles. The summed E-state index contributed by atoms with van der Waals surface area (Å²) in [6.07, 6.45) is 7.91. The quantitative estimate of drug-likeness (QED) is 0.789. The molecule has 28 heavy (non-hydrogen) atoms. The Hall–Kier alpha value is -2.14. The summed E-state index contributed by atoms with van der Waals surface area (Å²) in [6.45, 7) is 2.48. The molecule has 2 amide bonds. The Bertz CT molecular complexity index is 765. The van der Waals surface area contributed by atoms with E-state index in [1.807, 2.05) is 24.9 Å². The Balaban J connectivity index is 1.57. The topological polar surface area (TPSA) is 60.9 Å². The Morgan fingerprint density at radius 3 is 2.29 bits per heavy atom. The molecule has 0 bridgehead atoms. The van der Waals surface area contributed by atoms with Gasteiger partial charge in [0, 0.05) is 31.3 Å². The average Bonchev–Trinajstić information content (AvgIpc) is 3.58. The van der Waals surface area contributed by atoms with Crippen LogP contribution >= 0.6 is 0 Å². The van der Waals surface area contributed by atoms with E-state index in [1.165, 1.54) is 0 Å². The van der Waals surface area contributed by atoms with E-state index >= 15 is 0 Å². The van der Waals surface area contributed by atoms with Gasteiger partial charge >= 0.3 is 0 Å². The maximum atomic E-state index is 12.9. The number of likely N-dealkylation sites (tertiary alicyclic amines) is 1. The van der Waals surface area contributed by atoms with Crippen molar-refractivity contribution in [2.75, 3.05) is 20.2 Å². The number of nitrogens with zero attached hydrogens (tertiary/aromatic N) is 2. The molecule has 1 aromatic rings. The predicted octanol–water partition coefficient (Wildman–Crippen LogP) is 2.65. The molecule has 1 aromatic carbocycles. The third-order valence-electron chi connectivity index (χ3n) is 6.36. The molecule has 0 unspecified atom stereocenters. The van der Waals surface area contributed by atoms with Crippen molar-refractivity contribution in [1.29, 1.82) is 0 Å². The van der Waals surface area contributed by atoms with Crippen LogP contribution in [0.2, 0.25) is 0 Å². The van der Waals surface area contributed by atoms with Crippen molar-refractivity contribution >= 4 is 17.9 Å². The first-order chi connectivity index (χ1) is 13.5. The minimum atomic E-state index is -0.199. The monoisotopic (exact) mass is 382 g/mol. The molecule has 3 aliphatic rings. The molecule has 0 spiro atoms. The molecule has 0 aromatic heterocycles. The van der Waals surface area contributed by atoms with Crippen LogP contribution in [0, 0.1) is 11.8 Å². The van der Waals surface area contributed by atoms with Crippen LogP contribution in [0.15, 0.2) is 30.3 Å². The van der Waals surface area contributed by atoms with E-state index in [2.05, 4.69) is 30.3 Å². The molecular weight excluding hydrogens is 352 g/mol. The summed E-state index contributed by atoms with van der Waals surface area (Å²) in [5.74, 6) is 0.678. The largest absolute Gasteiger partial charge is 0.394 e. The molecule has 5 nitrogen and oxygen atoms in total. The number of carbonyl (C=O) groups is 2. The number of rotatable bonds is 7. The number of hydrogen-bond acceptors (Lipinski definition) is 3. The number of likely N-dealkylation sites (N-methyl/N-ethyl adjacent to an activating group) is 1. The number of amides is 2. The fourth-order valence-corrected chi connectivity index (χ4v) is 4.50. The first kappa shape index (κ1) is 19.2. The Kier molecular flexibility index (Phi) is 5.28. The van der Waals surface area contributed by atoms with Crippen LogP contribution in [0.1, 0.15) is 49.7 Å². The molecule has 3 atom stereocenters. The maximum Gasteiger partial charge on any atom is 0.226 e. The Labute approximate surface area is 167 Å². The fraction of sp³-hybridized carbons (Fsp3) is 0.565. The van der Waals surface area contributed by atoms with E-state index in [-0.39, 0.29) is 48.3 Å². The first-order valence-corrected chi connectivity index (χ1v) is 10.5. The highest BCUT2D eigenvalue weighted by Gasteiger charge is 2.54. The van der Waals surface area contributed by atoms with Crippen molar-refractivity contribution in [2.45, 2.75) is 50.6 Å². The van der Waals surface area contributed by atoms with E-state index in [0.29, 0.717) is 6.54 Å².